The van der Waals surface area contributed by atoms with Crippen molar-refractivity contribution in [2.45, 2.75) is 0 Å². The summed E-state index contributed by atoms with van der Waals surface area (Å²) in [5.41, 5.74) is -1.92. The SMILES string of the molecule is N#C[C](=[V])C(C#N)(C#N)C#N. The van der Waals surface area contributed by atoms with E-state index in [1.165, 1.54) is 18.2 Å². The molecule has 0 atom stereocenters. The molecule has 0 rings (SSSR count). The molecule has 0 saturated heterocycles. The van der Waals surface area contributed by atoms with Gasteiger partial charge < -0.3 is 0 Å². The number of rotatable bonds is 1. The van der Waals surface area contributed by atoms with Gasteiger partial charge in [0.15, 0.2) is 0 Å². The van der Waals surface area contributed by atoms with Crippen LogP contribution < -0.4 is 0 Å². The third-order valence-electron chi connectivity index (χ3n) is 0.964. The predicted octanol–water partition coefficient (Wildman–Crippen LogP) is -0.214. The van der Waals surface area contributed by atoms with Gasteiger partial charge in [-0.15, -0.1) is 0 Å². The number of nitrogens with zero attached hydrogens (tertiary/aromatic N) is 4. The summed E-state index contributed by atoms with van der Waals surface area (Å²) in [5, 5.41) is 33.5. The van der Waals surface area contributed by atoms with Crippen molar-refractivity contribution in [3.8, 4) is 24.3 Å². The van der Waals surface area contributed by atoms with Crippen molar-refractivity contribution < 1.29 is 17.0 Å². The van der Waals surface area contributed by atoms with Gasteiger partial charge in [-0.3, -0.25) is 0 Å². The number of nitriles is 4. The predicted molar refractivity (Wildman–Crippen MR) is 29.9 cm³/mol. The molecule has 0 heterocycles. The van der Waals surface area contributed by atoms with Crippen LogP contribution in [0.25, 0.3) is 0 Å². The Kier molecular flexibility index (Phi) is 3.04. The third-order valence-corrected chi connectivity index (χ3v) is 1.64. The molecule has 0 radical (unpaired) electrons. The Labute approximate surface area is 72.4 Å². The zero-order valence-corrected chi connectivity index (χ0v) is 6.63. The Bertz CT molecular complexity index is 307. The molecule has 0 unspecified atom stereocenters. The van der Waals surface area contributed by atoms with Crippen LogP contribution in [0.2, 0.25) is 0 Å². The molecule has 5 heteroatoms. The van der Waals surface area contributed by atoms with Gasteiger partial charge in [0.1, 0.15) is 0 Å². The van der Waals surface area contributed by atoms with E-state index in [0.717, 1.165) is 0 Å². The molecule has 0 aliphatic heterocycles. The summed E-state index contributed by atoms with van der Waals surface area (Å²) in [5.74, 6) is 0. The second-order valence-electron chi connectivity index (χ2n) is 1.55. The molecular weight excluding hydrogens is 179 g/mol. The van der Waals surface area contributed by atoms with Gasteiger partial charge in [-0.05, 0) is 0 Å². The first kappa shape index (κ1) is 9.41. The van der Waals surface area contributed by atoms with E-state index in [0.29, 0.717) is 0 Å². The Morgan fingerprint density at radius 3 is 1.45 bits per heavy atom. The number of hydrogen-bond donors (Lipinski definition) is 0. The topological polar surface area (TPSA) is 95.2 Å². The van der Waals surface area contributed by atoms with E-state index < -0.39 is 5.41 Å². The second kappa shape index (κ2) is 3.55. The van der Waals surface area contributed by atoms with Gasteiger partial charge >= 0.3 is 71.9 Å². The zero-order valence-electron chi connectivity index (χ0n) is 5.24. The first-order chi connectivity index (χ1) is 5.16. The van der Waals surface area contributed by atoms with Crippen LogP contribution in [-0.4, -0.2) is 4.23 Å². The Morgan fingerprint density at radius 1 is 1.00 bits per heavy atom. The summed E-state index contributed by atoms with van der Waals surface area (Å²) in [6.45, 7) is 0. The molecule has 11 heavy (non-hydrogen) atoms. The van der Waals surface area contributed by atoms with Crippen molar-refractivity contribution >= 4 is 4.23 Å². The molecule has 4 nitrogen and oxygen atoms in total. The Morgan fingerprint density at radius 2 is 1.36 bits per heavy atom. The van der Waals surface area contributed by atoms with E-state index in [-0.39, 0.29) is 4.23 Å². The average Bonchev–Trinajstić information content (AvgIpc) is 2.08. The monoisotopic (exact) mass is 179 g/mol. The van der Waals surface area contributed by atoms with Crippen LogP contribution >= 0.6 is 0 Å². The van der Waals surface area contributed by atoms with Crippen LogP contribution in [0, 0.1) is 50.7 Å². The minimum absolute atomic E-state index is 0.155. The first-order valence-electron chi connectivity index (χ1n) is 2.37. The maximum atomic E-state index is 8.40. The van der Waals surface area contributed by atoms with Gasteiger partial charge in [0.05, 0.1) is 0 Å². The quantitative estimate of drug-likeness (QED) is 0.556. The van der Waals surface area contributed by atoms with E-state index >= 15 is 0 Å². The van der Waals surface area contributed by atoms with Gasteiger partial charge in [-0.2, -0.15) is 0 Å². The zero-order chi connectivity index (χ0) is 8.91. The van der Waals surface area contributed by atoms with Gasteiger partial charge in [0, 0.05) is 0 Å². The molecule has 0 bridgehead atoms. The number of hydrogen-bond acceptors (Lipinski definition) is 4. The fourth-order valence-corrected chi connectivity index (χ4v) is 0.552. The minimum atomic E-state index is -1.92. The standard InChI is InChI=1S/C6N4.V/c7-2-1-6(3-8,4-9)5-10;. The van der Waals surface area contributed by atoms with Gasteiger partial charge in [0.25, 0.3) is 0 Å². The summed E-state index contributed by atoms with van der Waals surface area (Å²) in [4.78, 5) is 0. The van der Waals surface area contributed by atoms with Crippen molar-refractivity contribution in [2.24, 2.45) is 5.41 Å². The molecule has 0 aliphatic rings. The van der Waals surface area contributed by atoms with E-state index in [2.05, 4.69) is 0 Å². The first-order valence-corrected chi connectivity index (χ1v) is 3.07. The molecule has 0 aromatic heterocycles. The van der Waals surface area contributed by atoms with Gasteiger partial charge in [0.2, 0.25) is 0 Å². The van der Waals surface area contributed by atoms with Gasteiger partial charge in [-0.1, -0.05) is 0 Å². The van der Waals surface area contributed by atoms with Crippen molar-refractivity contribution in [2.75, 3.05) is 0 Å². The molecule has 0 amide bonds. The van der Waals surface area contributed by atoms with Crippen LogP contribution in [0.5, 0.6) is 0 Å². The Hall–Kier alpha value is -1.59. The Balaban J connectivity index is 5.19. The van der Waals surface area contributed by atoms with E-state index in [1.54, 1.807) is 23.0 Å². The van der Waals surface area contributed by atoms with Crippen molar-refractivity contribution in [3.05, 3.63) is 0 Å². The van der Waals surface area contributed by atoms with Crippen LogP contribution in [0.15, 0.2) is 0 Å². The summed E-state index contributed by atoms with van der Waals surface area (Å²) in [6, 6.07) is 5.98. The molecule has 0 saturated carbocycles. The summed E-state index contributed by atoms with van der Waals surface area (Å²) < 4.78 is -0.155. The maximum absolute atomic E-state index is 8.40. The van der Waals surface area contributed by atoms with Crippen molar-refractivity contribution in [3.63, 3.8) is 0 Å². The van der Waals surface area contributed by atoms with Crippen LogP contribution in [0.1, 0.15) is 0 Å². The van der Waals surface area contributed by atoms with E-state index in [1.807, 2.05) is 0 Å². The van der Waals surface area contributed by atoms with Crippen molar-refractivity contribution in [1.82, 2.24) is 0 Å². The second-order valence-corrected chi connectivity index (χ2v) is 2.24. The van der Waals surface area contributed by atoms with Crippen LogP contribution in [-0.2, 0) is 17.0 Å². The normalized spacial score (nSPS) is 7.91. The molecule has 0 aliphatic carbocycles. The molecule has 0 fully saturated rings. The third kappa shape index (κ3) is 1.46. The van der Waals surface area contributed by atoms with E-state index in [4.69, 9.17) is 21.0 Å². The molecule has 0 spiro atoms. The summed E-state index contributed by atoms with van der Waals surface area (Å²) >= 11 is 1.75. The van der Waals surface area contributed by atoms with E-state index in [9.17, 15) is 0 Å². The molecule has 0 N–H and O–H groups in total. The van der Waals surface area contributed by atoms with Crippen LogP contribution in [0.3, 0.4) is 0 Å². The summed E-state index contributed by atoms with van der Waals surface area (Å²) in [7, 11) is 0. The molecule has 0 aromatic rings. The van der Waals surface area contributed by atoms with Crippen LogP contribution in [0.4, 0.5) is 0 Å². The van der Waals surface area contributed by atoms with Crippen molar-refractivity contribution in [1.29, 1.82) is 21.0 Å². The van der Waals surface area contributed by atoms with Gasteiger partial charge in [-0.25, -0.2) is 0 Å². The molecule has 49 valence electrons. The fourth-order valence-electron chi connectivity index (χ4n) is 0.318. The molecule has 0 aromatic carbocycles. The molecular formula is C6N4V. The average molecular weight is 179 g/mol. The summed E-state index contributed by atoms with van der Waals surface area (Å²) in [6.07, 6.45) is 0. The fraction of sp³-hybridized carbons (Fsp3) is 0.167.